The number of urea groups is 1. The molecule has 7 heteroatoms. The quantitative estimate of drug-likeness (QED) is 0.231. The highest BCUT2D eigenvalue weighted by Gasteiger charge is 2.12. The lowest BCUT2D eigenvalue weighted by Crippen LogP contribution is -2.42. The zero-order valence-corrected chi connectivity index (χ0v) is 20.7. The first kappa shape index (κ1) is 30.0. The number of hydrogen-bond acceptors (Lipinski definition) is 4. The second-order valence-electron chi connectivity index (χ2n) is 8.66. The van der Waals surface area contributed by atoms with Gasteiger partial charge in [0.1, 0.15) is 0 Å². The predicted molar refractivity (Wildman–Crippen MR) is 131 cm³/mol. The van der Waals surface area contributed by atoms with Crippen molar-refractivity contribution in [2.24, 2.45) is 0 Å². The van der Waals surface area contributed by atoms with E-state index in [-0.39, 0.29) is 12.4 Å². The molecule has 0 aromatic carbocycles. The third kappa shape index (κ3) is 19.4. The Morgan fingerprint density at radius 3 is 1.77 bits per heavy atom. The standard InChI is InChI=1S/C24H47N3O3.ClH/c1-2-3-4-5-6-7-8-9-10-11-12-13-14-17-22-30-24(29)26-23(28)25-18-21-27-19-15-16-20-27;/h2-22H2,1H3,(H2,25,26,28,29);1H. The molecule has 1 fully saturated rings. The number of carbonyl (C=O) groups excluding carboxylic acids is 2. The van der Waals surface area contributed by atoms with Crippen LogP contribution in [-0.2, 0) is 4.74 Å². The number of hydrogen-bond donors (Lipinski definition) is 2. The summed E-state index contributed by atoms with van der Waals surface area (Å²) in [7, 11) is 0. The molecule has 6 nitrogen and oxygen atoms in total. The minimum atomic E-state index is -0.650. The fraction of sp³-hybridized carbons (Fsp3) is 0.917. The summed E-state index contributed by atoms with van der Waals surface area (Å²) >= 11 is 0. The molecule has 2 N–H and O–H groups in total. The smallest absolute Gasteiger partial charge is 0.415 e. The monoisotopic (exact) mass is 461 g/mol. The second-order valence-corrected chi connectivity index (χ2v) is 8.66. The number of carbonyl (C=O) groups is 2. The van der Waals surface area contributed by atoms with E-state index in [0.717, 1.165) is 32.5 Å². The van der Waals surface area contributed by atoms with Crippen molar-refractivity contribution in [3.8, 4) is 0 Å². The fourth-order valence-corrected chi connectivity index (χ4v) is 3.97. The molecule has 0 bridgehead atoms. The van der Waals surface area contributed by atoms with Gasteiger partial charge >= 0.3 is 12.1 Å². The van der Waals surface area contributed by atoms with Gasteiger partial charge in [-0.25, -0.2) is 14.9 Å². The molecule has 0 spiro atoms. The lowest BCUT2D eigenvalue weighted by Gasteiger charge is -2.14. The van der Waals surface area contributed by atoms with Crippen LogP contribution in [0, 0.1) is 0 Å². The van der Waals surface area contributed by atoms with Crippen LogP contribution < -0.4 is 10.6 Å². The van der Waals surface area contributed by atoms with Crippen LogP contribution in [0.2, 0.25) is 0 Å². The molecule has 0 radical (unpaired) electrons. The van der Waals surface area contributed by atoms with Gasteiger partial charge in [0.05, 0.1) is 6.61 Å². The number of amides is 3. The lowest BCUT2D eigenvalue weighted by atomic mass is 10.0. The first-order chi connectivity index (χ1) is 14.7. The Hall–Kier alpha value is -1.01. The number of imide groups is 1. The average Bonchev–Trinajstić information content (AvgIpc) is 3.24. The van der Waals surface area contributed by atoms with Gasteiger partial charge in [-0.1, -0.05) is 90.4 Å². The van der Waals surface area contributed by atoms with Crippen molar-refractivity contribution in [2.75, 3.05) is 32.8 Å². The number of ether oxygens (including phenoxy) is 1. The lowest BCUT2D eigenvalue weighted by molar-refractivity contribution is 0.144. The summed E-state index contributed by atoms with van der Waals surface area (Å²) in [5.74, 6) is 0. The topological polar surface area (TPSA) is 70.7 Å². The molecular formula is C24H48ClN3O3. The second kappa shape index (κ2) is 22.2. The maximum absolute atomic E-state index is 11.6. The Labute approximate surface area is 197 Å². The van der Waals surface area contributed by atoms with E-state index in [0.29, 0.717) is 13.2 Å². The van der Waals surface area contributed by atoms with Gasteiger partial charge in [-0.05, 0) is 32.4 Å². The van der Waals surface area contributed by atoms with Crippen molar-refractivity contribution < 1.29 is 14.3 Å². The predicted octanol–water partition coefficient (Wildman–Crippen LogP) is 6.42. The van der Waals surface area contributed by atoms with E-state index in [1.807, 2.05) is 0 Å². The largest absolute Gasteiger partial charge is 0.449 e. The third-order valence-electron chi connectivity index (χ3n) is 5.86. The van der Waals surface area contributed by atoms with E-state index in [1.54, 1.807) is 0 Å². The van der Waals surface area contributed by atoms with Gasteiger partial charge in [-0.15, -0.1) is 12.4 Å². The fourth-order valence-electron chi connectivity index (χ4n) is 3.97. The van der Waals surface area contributed by atoms with E-state index in [9.17, 15) is 9.59 Å². The van der Waals surface area contributed by atoms with Crippen molar-refractivity contribution in [2.45, 2.75) is 110 Å². The van der Waals surface area contributed by atoms with Gasteiger partial charge in [0.15, 0.2) is 0 Å². The van der Waals surface area contributed by atoms with Gasteiger partial charge < -0.3 is 15.0 Å². The SMILES string of the molecule is CCCCCCCCCCCCCCCCOC(=O)NC(=O)NCCN1CCCC1.Cl. The summed E-state index contributed by atoms with van der Waals surface area (Å²) in [4.78, 5) is 25.6. The molecular weight excluding hydrogens is 414 g/mol. The molecule has 0 atom stereocenters. The zero-order chi connectivity index (χ0) is 21.7. The maximum Gasteiger partial charge on any atom is 0.415 e. The molecule has 0 aromatic rings. The molecule has 31 heavy (non-hydrogen) atoms. The molecule has 0 aromatic heterocycles. The van der Waals surface area contributed by atoms with Crippen LogP contribution in [0.15, 0.2) is 0 Å². The Bertz CT molecular complexity index is 432. The van der Waals surface area contributed by atoms with Gasteiger partial charge in [-0.3, -0.25) is 0 Å². The van der Waals surface area contributed by atoms with Gasteiger partial charge in [0, 0.05) is 13.1 Å². The number of alkyl carbamates (subject to hydrolysis) is 1. The van der Waals surface area contributed by atoms with E-state index in [1.165, 1.54) is 89.9 Å². The number of nitrogens with zero attached hydrogens (tertiary/aromatic N) is 1. The van der Waals surface area contributed by atoms with Crippen molar-refractivity contribution >= 4 is 24.5 Å². The van der Waals surface area contributed by atoms with Crippen LogP contribution in [0.1, 0.15) is 110 Å². The molecule has 1 rings (SSSR count). The maximum atomic E-state index is 11.6. The van der Waals surface area contributed by atoms with E-state index in [4.69, 9.17) is 4.74 Å². The van der Waals surface area contributed by atoms with E-state index in [2.05, 4.69) is 22.5 Å². The van der Waals surface area contributed by atoms with Gasteiger partial charge in [-0.2, -0.15) is 0 Å². The average molecular weight is 462 g/mol. The van der Waals surface area contributed by atoms with E-state index < -0.39 is 12.1 Å². The van der Waals surface area contributed by atoms with Crippen LogP contribution in [0.3, 0.4) is 0 Å². The summed E-state index contributed by atoms with van der Waals surface area (Å²) in [6.07, 6.45) is 20.0. The minimum absolute atomic E-state index is 0. The first-order valence-electron chi connectivity index (χ1n) is 12.7. The number of rotatable bonds is 18. The number of likely N-dealkylation sites (tertiary alicyclic amines) is 1. The van der Waals surface area contributed by atoms with Crippen molar-refractivity contribution in [1.29, 1.82) is 0 Å². The summed E-state index contributed by atoms with van der Waals surface area (Å²) in [6, 6.07) is -0.472. The highest BCUT2D eigenvalue weighted by Crippen LogP contribution is 2.13. The number of unbranched alkanes of at least 4 members (excludes halogenated alkanes) is 13. The van der Waals surface area contributed by atoms with Crippen LogP contribution in [0.5, 0.6) is 0 Å². The molecule has 0 aliphatic carbocycles. The zero-order valence-electron chi connectivity index (χ0n) is 19.9. The van der Waals surface area contributed by atoms with E-state index >= 15 is 0 Å². The number of nitrogens with one attached hydrogen (secondary N) is 2. The van der Waals surface area contributed by atoms with Crippen molar-refractivity contribution in [3.05, 3.63) is 0 Å². The van der Waals surface area contributed by atoms with Crippen LogP contribution in [-0.4, -0.2) is 49.8 Å². The van der Waals surface area contributed by atoms with Crippen LogP contribution in [0.4, 0.5) is 9.59 Å². The van der Waals surface area contributed by atoms with Gasteiger partial charge in [0.25, 0.3) is 0 Å². The van der Waals surface area contributed by atoms with Crippen molar-refractivity contribution in [1.82, 2.24) is 15.5 Å². The summed E-state index contributed by atoms with van der Waals surface area (Å²) in [5.41, 5.74) is 0. The van der Waals surface area contributed by atoms with Crippen molar-refractivity contribution in [3.63, 3.8) is 0 Å². The highest BCUT2D eigenvalue weighted by atomic mass is 35.5. The molecule has 3 amide bonds. The Kier molecular flexibility index (Phi) is 21.5. The first-order valence-corrected chi connectivity index (χ1v) is 12.7. The summed E-state index contributed by atoms with van der Waals surface area (Å²) < 4.78 is 5.08. The molecule has 184 valence electrons. The molecule has 1 aliphatic heterocycles. The normalized spacial score (nSPS) is 13.6. The molecule has 1 heterocycles. The summed E-state index contributed by atoms with van der Waals surface area (Å²) in [5, 5.41) is 4.93. The molecule has 1 aliphatic rings. The third-order valence-corrected chi connectivity index (χ3v) is 5.86. The molecule has 1 saturated heterocycles. The summed E-state index contributed by atoms with van der Waals surface area (Å²) in [6.45, 7) is 6.24. The van der Waals surface area contributed by atoms with Gasteiger partial charge in [0.2, 0.25) is 0 Å². The number of halogens is 1. The van der Waals surface area contributed by atoms with Crippen LogP contribution in [0.25, 0.3) is 0 Å². The Morgan fingerprint density at radius 2 is 1.26 bits per heavy atom. The van der Waals surface area contributed by atoms with Crippen LogP contribution >= 0.6 is 12.4 Å². The Balaban J connectivity index is 0.00000900. The molecule has 0 saturated carbocycles. The minimum Gasteiger partial charge on any atom is -0.449 e. The Morgan fingerprint density at radius 1 is 0.774 bits per heavy atom. The highest BCUT2D eigenvalue weighted by molar-refractivity contribution is 5.90. The molecule has 0 unspecified atom stereocenters.